The summed E-state index contributed by atoms with van der Waals surface area (Å²) < 4.78 is 13.7. The number of hydrogen-bond acceptors (Lipinski definition) is 2. The third-order valence-electron chi connectivity index (χ3n) is 2.99. The van der Waals surface area contributed by atoms with Crippen molar-refractivity contribution in [1.29, 1.82) is 0 Å². The van der Waals surface area contributed by atoms with E-state index >= 15 is 0 Å². The van der Waals surface area contributed by atoms with Gasteiger partial charge in [0.25, 0.3) is 0 Å². The maximum absolute atomic E-state index is 13.7. The lowest BCUT2D eigenvalue weighted by Gasteiger charge is -2.26. The molecule has 0 saturated heterocycles. The second-order valence-corrected chi connectivity index (χ2v) is 6.26. The van der Waals surface area contributed by atoms with Gasteiger partial charge in [-0.1, -0.05) is 45.6 Å². The molecule has 1 N–H and O–H groups in total. The molecule has 2 nitrogen and oxygen atoms in total. The molecule has 0 unspecified atom stereocenters. The van der Waals surface area contributed by atoms with E-state index in [9.17, 15) is 4.39 Å². The van der Waals surface area contributed by atoms with Crippen molar-refractivity contribution < 1.29 is 9.50 Å². The number of benzene rings is 1. The Bertz CT molecular complexity index is 490. The summed E-state index contributed by atoms with van der Waals surface area (Å²) in [6.45, 7) is 11.4. The van der Waals surface area contributed by atoms with Gasteiger partial charge >= 0.3 is 0 Å². The Morgan fingerprint density at radius 1 is 1.14 bits per heavy atom. The number of nitrogens with zero attached hydrogens (tertiary/aromatic N) is 1. The normalized spacial score (nSPS) is 11.1. The van der Waals surface area contributed by atoms with Gasteiger partial charge in [-0.25, -0.2) is 4.39 Å². The molecule has 0 aliphatic carbocycles. The highest BCUT2D eigenvalue weighted by molar-refractivity contribution is 5.38. The standard InChI is InChI=1S/C18H26FNO/c1-14(2)11-20(12-15(3)4)13-16-7-8-18(19)17(10-16)6-5-9-21/h7-8,10,14-15,21H,9,11-13H2,1-4H3. The second kappa shape index (κ2) is 8.81. The minimum absolute atomic E-state index is 0.253. The van der Waals surface area contributed by atoms with Crippen LogP contribution in [0, 0.1) is 29.5 Å². The van der Waals surface area contributed by atoms with Gasteiger partial charge in [-0.15, -0.1) is 0 Å². The Hall–Kier alpha value is -1.37. The lowest BCUT2D eigenvalue weighted by Crippen LogP contribution is -2.30. The Labute approximate surface area is 128 Å². The minimum atomic E-state index is -0.334. The van der Waals surface area contributed by atoms with Gasteiger partial charge in [0.15, 0.2) is 0 Å². The predicted molar refractivity (Wildman–Crippen MR) is 85.3 cm³/mol. The van der Waals surface area contributed by atoms with Crippen molar-refractivity contribution in [2.45, 2.75) is 34.2 Å². The molecular weight excluding hydrogens is 265 g/mol. The van der Waals surface area contributed by atoms with Gasteiger partial charge in [-0.2, -0.15) is 0 Å². The monoisotopic (exact) mass is 291 g/mol. The molecular formula is C18H26FNO. The van der Waals surface area contributed by atoms with Crippen LogP contribution in [0.3, 0.4) is 0 Å². The highest BCUT2D eigenvalue weighted by atomic mass is 19.1. The van der Waals surface area contributed by atoms with Crippen molar-refractivity contribution in [1.82, 2.24) is 4.90 Å². The number of aliphatic hydroxyl groups excluding tert-OH is 1. The van der Waals surface area contributed by atoms with Crippen LogP contribution in [-0.2, 0) is 6.54 Å². The molecule has 0 heterocycles. The van der Waals surface area contributed by atoms with Crippen molar-refractivity contribution in [3.8, 4) is 11.8 Å². The first-order valence-corrected chi connectivity index (χ1v) is 7.52. The molecule has 0 aliphatic heterocycles. The number of rotatable bonds is 6. The average molecular weight is 291 g/mol. The summed E-state index contributed by atoms with van der Waals surface area (Å²) in [5.74, 6) is 6.02. The van der Waals surface area contributed by atoms with Crippen molar-refractivity contribution >= 4 is 0 Å². The molecule has 1 aromatic carbocycles. The summed E-state index contributed by atoms with van der Waals surface area (Å²) in [4.78, 5) is 2.39. The molecule has 1 aromatic rings. The molecule has 116 valence electrons. The first-order chi connectivity index (χ1) is 9.92. The summed E-state index contributed by atoms with van der Waals surface area (Å²) in [7, 11) is 0. The van der Waals surface area contributed by atoms with Crippen LogP contribution in [0.2, 0.25) is 0 Å². The van der Waals surface area contributed by atoms with Gasteiger partial charge in [0.2, 0.25) is 0 Å². The van der Waals surface area contributed by atoms with Crippen molar-refractivity contribution in [2.24, 2.45) is 11.8 Å². The highest BCUT2D eigenvalue weighted by Crippen LogP contribution is 2.14. The number of hydrogen-bond donors (Lipinski definition) is 1. The molecule has 21 heavy (non-hydrogen) atoms. The molecule has 3 heteroatoms. The molecule has 0 fully saturated rings. The van der Waals surface area contributed by atoms with E-state index in [0.717, 1.165) is 25.2 Å². The van der Waals surface area contributed by atoms with Crippen LogP contribution in [0.1, 0.15) is 38.8 Å². The quantitative estimate of drug-likeness (QED) is 0.813. The molecule has 0 amide bonds. The molecule has 0 aliphatic rings. The number of aliphatic hydroxyl groups is 1. The maximum atomic E-state index is 13.7. The largest absolute Gasteiger partial charge is 0.384 e. The topological polar surface area (TPSA) is 23.5 Å². The van der Waals surface area contributed by atoms with E-state index in [4.69, 9.17) is 5.11 Å². The fourth-order valence-electron chi connectivity index (χ4n) is 2.40. The van der Waals surface area contributed by atoms with Crippen molar-refractivity contribution in [3.63, 3.8) is 0 Å². The Morgan fingerprint density at radius 2 is 1.76 bits per heavy atom. The highest BCUT2D eigenvalue weighted by Gasteiger charge is 2.11. The third-order valence-corrected chi connectivity index (χ3v) is 2.99. The van der Waals surface area contributed by atoms with Gasteiger partial charge in [0.1, 0.15) is 12.4 Å². The van der Waals surface area contributed by atoms with E-state index in [1.165, 1.54) is 6.07 Å². The lowest BCUT2D eigenvalue weighted by molar-refractivity contribution is 0.211. The van der Waals surface area contributed by atoms with E-state index in [0.29, 0.717) is 17.4 Å². The third kappa shape index (κ3) is 6.75. The molecule has 0 spiro atoms. The summed E-state index contributed by atoms with van der Waals surface area (Å²) >= 11 is 0. The molecule has 1 rings (SSSR count). The van der Waals surface area contributed by atoms with Crippen LogP contribution in [0.5, 0.6) is 0 Å². The van der Waals surface area contributed by atoms with E-state index in [1.54, 1.807) is 6.07 Å². The zero-order valence-electron chi connectivity index (χ0n) is 13.5. The lowest BCUT2D eigenvalue weighted by atomic mass is 10.1. The molecule has 0 bridgehead atoms. The maximum Gasteiger partial charge on any atom is 0.138 e. The van der Waals surface area contributed by atoms with E-state index in [2.05, 4.69) is 44.4 Å². The van der Waals surface area contributed by atoms with Gasteiger partial charge < -0.3 is 5.11 Å². The fourth-order valence-corrected chi connectivity index (χ4v) is 2.40. The smallest absolute Gasteiger partial charge is 0.138 e. The number of halogens is 1. The van der Waals surface area contributed by atoms with Crippen LogP contribution in [-0.4, -0.2) is 29.7 Å². The van der Waals surface area contributed by atoms with Crippen molar-refractivity contribution in [2.75, 3.05) is 19.7 Å². The summed E-state index contributed by atoms with van der Waals surface area (Å²) in [6, 6.07) is 5.05. The van der Waals surface area contributed by atoms with Crippen LogP contribution in [0.15, 0.2) is 18.2 Å². The van der Waals surface area contributed by atoms with E-state index < -0.39 is 0 Å². The zero-order valence-corrected chi connectivity index (χ0v) is 13.5. The predicted octanol–water partition coefficient (Wildman–Crippen LogP) is 3.28. The van der Waals surface area contributed by atoms with Gasteiger partial charge in [0, 0.05) is 19.6 Å². The van der Waals surface area contributed by atoms with Crippen LogP contribution >= 0.6 is 0 Å². The second-order valence-electron chi connectivity index (χ2n) is 6.26. The first-order valence-electron chi connectivity index (χ1n) is 7.52. The molecule has 0 radical (unpaired) electrons. The Balaban J connectivity index is 2.87. The van der Waals surface area contributed by atoms with E-state index in [-0.39, 0.29) is 12.4 Å². The van der Waals surface area contributed by atoms with E-state index in [1.807, 2.05) is 6.07 Å². The average Bonchev–Trinajstić information content (AvgIpc) is 2.37. The van der Waals surface area contributed by atoms with Crippen LogP contribution in [0.25, 0.3) is 0 Å². The van der Waals surface area contributed by atoms with Crippen LogP contribution in [0.4, 0.5) is 4.39 Å². The fraction of sp³-hybridized carbons (Fsp3) is 0.556. The Kier molecular flexibility index (Phi) is 7.42. The zero-order chi connectivity index (χ0) is 15.8. The minimum Gasteiger partial charge on any atom is -0.384 e. The van der Waals surface area contributed by atoms with Gasteiger partial charge in [0.05, 0.1) is 5.56 Å². The first kappa shape index (κ1) is 17.7. The SMILES string of the molecule is CC(C)CN(Cc1ccc(F)c(C#CCO)c1)CC(C)C. The molecule has 0 atom stereocenters. The Morgan fingerprint density at radius 3 is 2.29 bits per heavy atom. The van der Waals surface area contributed by atoms with Gasteiger partial charge in [-0.05, 0) is 29.5 Å². The van der Waals surface area contributed by atoms with Gasteiger partial charge in [-0.3, -0.25) is 4.90 Å². The summed E-state index contributed by atoms with van der Waals surface area (Å²) in [5, 5.41) is 8.73. The molecule has 0 saturated carbocycles. The van der Waals surface area contributed by atoms with Crippen LogP contribution < -0.4 is 0 Å². The molecule has 0 aromatic heterocycles. The summed E-state index contributed by atoms with van der Waals surface area (Å²) in [6.07, 6.45) is 0. The summed E-state index contributed by atoms with van der Waals surface area (Å²) in [5.41, 5.74) is 1.41. The van der Waals surface area contributed by atoms with Crippen molar-refractivity contribution in [3.05, 3.63) is 35.1 Å².